The molecule has 0 heterocycles. The van der Waals surface area contributed by atoms with E-state index in [4.69, 9.17) is 10.2 Å². The Balaban J connectivity index is 0.000000311. The maximum Gasteiger partial charge on any atom is 0.416 e. The maximum atomic E-state index is 12.4. The lowest BCUT2D eigenvalue weighted by atomic mass is 10.1. The lowest BCUT2D eigenvalue weighted by Crippen LogP contribution is -2.06. The Morgan fingerprint density at radius 3 is 2.10 bits per heavy atom. The van der Waals surface area contributed by atoms with E-state index in [1.54, 1.807) is 0 Å². The largest absolute Gasteiger partial charge is 0.481 e. The third kappa shape index (κ3) is 7.92. The molecular formula is C18H13F3N2O8. The van der Waals surface area contributed by atoms with Gasteiger partial charge >= 0.3 is 18.1 Å². The first kappa shape index (κ1) is 24.7. The Morgan fingerprint density at radius 1 is 1.00 bits per heavy atom. The van der Waals surface area contributed by atoms with E-state index in [1.165, 1.54) is 18.2 Å². The molecule has 10 nitrogen and oxygen atoms in total. The smallest absolute Gasteiger partial charge is 0.416 e. The Kier molecular flexibility index (Phi) is 8.36. The predicted octanol–water partition coefficient (Wildman–Crippen LogP) is 3.93. The van der Waals surface area contributed by atoms with Gasteiger partial charge < -0.3 is 10.2 Å². The van der Waals surface area contributed by atoms with Crippen molar-refractivity contribution in [1.82, 2.24) is 0 Å². The molecule has 0 aromatic heterocycles. The number of nitro benzene ring substituents is 2. The number of non-ortho nitro benzene ring substituents is 1. The van der Waals surface area contributed by atoms with E-state index < -0.39 is 51.3 Å². The fourth-order valence-corrected chi connectivity index (χ4v) is 2.21. The molecule has 0 aliphatic carbocycles. The Labute approximate surface area is 171 Å². The summed E-state index contributed by atoms with van der Waals surface area (Å²) in [5.41, 5.74) is -2.07. The highest BCUT2D eigenvalue weighted by Crippen LogP contribution is 2.32. The molecule has 0 radical (unpaired) electrons. The van der Waals surface area contributed by atoms with Crippen LogP contribution in [0.3, 0.4) is 0 Å². The van der Waals surface area contributed by atoms with Crippen LogP contribution in [-0.2, 0) is 22.2 Å². The summed E-state index contributed by atoms with van der Waals surface area (Å²) < 4.78 is 37.2. The number of carboxylic acids is 2. The molecule has 13 heteroatoms. The molecule has 0 aliphatic rings. The number of nitrogens with zero attached hydrogens (tertiary/aromatic N) is 2. The van der Waals surface area contributed by atoms with Gasteiger partial charge in [-0.05, 0) is 23.8 Å². The van der Waals surface area contributed by atoms with Crippen LogP contribution >= 0.6 is 0 Å². The van der Waals surface area contributed by atoms with Crippen LogP contribution in [0.15, 0.2) is 48.5 Å². The Morgan fingerprint density at radius 2 is 1.61 bits per heavy atom. The molecule has 0 unspecified atom stereocenters. The molecule has 0 bridgehead atoms. The molecular weight excluding hydrogens is 429 g/mol. The number of aliphatic carboxylic acids is 2. The summed E-state index contributed by atoms with van der Waals surface area (Å²) in [7, 11) is 0. The standard InChI is InChI=1S/C10H7F3O2.C8H6N2O6/c11-10(12,13)8-4-2-1-3-7(8)5-6-9(14)15;11-8(12)3-5-1-2-6(9(13)14)4-7(5)10(15)16/h1-6H,(H,14,15);1-2,4H,3H2,(H,11,12). The number of benzene rings is 2. The van der Waals surface area contributed by atoms with E-state index in [0.29, 0.717) is 6.08 Å². The molecule has 0 saturated heterocycles. The number of carboxylic acid groups (broad SMARTS) is 2. The van der Waals surface area contributed by atoms with E-state index in [1.807, 2.05) is 0 Å². The van der Waals surface area contributed by atoms with Gasteiger partial charge in [0.25, 0.3) is 11.4 Å². The zero-order chi connectivity index (χ0) is 23.8. The summed E-state index contributed by atoms with van der Waals surface area (Å²) in [6, 6.07) is 7.63. The number of hydrogen-bond donors (Lipinski definition) is 2. The number of rotatable bonds is 6. The van der Waals surface area contributed by atoms with E-state index in [9.17, 15) is 43.0 Å². The molecule has 2 N–H and O–H groups in total. The van der Waals surface area contributed by atoms with Gasteiger partial charge in [0.2, 0.25) is 0 Å². The minimum Gasteiger partial charge on any atom is -0.481 e. The van der Waals surface area contributed by atoms with Crippen LogP contribution in [0.2, 0.25) is 0 Å². The third-order valence-electron chi connectivity index (χ3n) is 3.49. The zero-order valence-electron chi connectivity index (χ0n) is 15.3. The van der Waals surface area contributed by atoms with Crippen LogP contribution in [0.4, 0.5) is 24.5 Å². The molecule has 2 aromatic rings. The van der Waals surface area contributed by atoms with E-state index in [-0.39, 0.29) is 11.1 Å². The average Bonchev–Trinajstić information content (AvgIpc) is 2.66. The van der Waals surface area contributed by atoms with E-state index in [2.05, 4.69) is 0 Å². The molecule has 0 aliphatic heterocycles. The van der Waals surface area contributed by atoms with Gasteiger partial charge in [0.1, 0.15) is 0 Å². The maximum absolute atomic E-state index is 12.4. The van der Waals surface area contributed by atoms with Gasteiger partial charge in [-0.3, -0.25) is 25.0 Å². The minimum atomic E-state index is -4.47. The fraction of sp³-hybridized carbons (Fsp3) is 0.111. The van der Waals surface area contributed by atoms with Crippen LogP contribution in [0, 0.1) is 20.2 Å². The quantitative estimate of drug-likeness (QED) is 0.386. The average molecular weight is 442 g/mol. The molecule has 31 heavy (non-hydrogen) atoms. The van der Waals surface area contributed by atoms with Gasteiger partial charge in [0, 0.05) is 17.7 Å². The highest BCUT2D eigenvalue weighted by atomic mass is 19.4. The monoisotopic (exact) mass is 442 g/mol. The number of alkyl halides is 3. The topological polar surface area (TPSA) is 161 Å². The number of carbonyl (C=O) groups is 2. The third-order valence-corrected chi connectivity index (χ3v) is 3.49. The Bertz CT molecular complexity index is 1030. The second-order valence-corrected chi connectivity index (χ2v) is 5.65. The first-order valence-electron chi connectivity index (χ1n) is 8.03. The summed E-state index contributed by atoms with van der Waals surface area (Å²) in [5.74, 6) is -2.52. The van der Waals surface area contributed by atoms with Crippen molar-refractivity contribution in [3.05, 3.63) is 85.5 Å². The molecule has 0 saturated carbocycles. The van der Waals surface area contributed by atoms with E-state index in [0.717, 1.165) is 30.3 Å². The van der Waals surface area contributed by atoms with Crippen LogP contribution in [-0.4, -0.2) is 32.0 Å². The first-order chi connectivity index (χ1) is 14.3. The van der Waals surface area contributed by atoms with Crippen molar-refractivity contribution >= 4 is 29.4 Å². The van der Waals surface area contributed by atoms with Crippen LogP contribution in [0.5, 0.6) is 0 Å². The molecule has 0 fully saturated rings. The SMILES string of the molecule is O=C(O)C=Cc1ccccc1C(F)(F)F.O=C(O)Cc1ccc([N+](=O)[O-])cc1[N+](=O)[O-]. The Hall–Kier alpha value is -4.29. The van der Waals surface area contributed by atoms with Gasteiger partial charge in [-0.15, -0.1) is 0 Å². The summed E-state index contributed by atoms with van der Waals surface area (Å²) in [5, 5.41) is 37.7. The van der Waals surface area contributed by atoms with Crippen molar-refractivity contribution in [2.24, 2.45) is 0 Å². The normalized spacial score (nSPS) is 10.8. The molecule has 0 amide bonds. The minimum absolute atomic E-state index is 0.0666. The number of nitro groups is 2. The van der Waals surface area contributed by atoms with Gasteiger partial charge in [-0.2, -0.15) is 13.2 Å². The summed E-state index contributed by atoms with van der Waals surface area (Å²) >= 11 is 0. The summed E-state index contributed by atoms with van der Waals surface area (Å²) in [4.78, 5) is 39.9. The highest BCUT2D eigenvalue weighted by molar-refractivity contribution is 5.85. The van der Waals surface area contributed by atoms with Crippen LogP contribution in [0.1, 0.15) is 16.7 Å². The van der Waals surface area contributed by atoms with Crippen LogP contribution < -0.4 is 0 Å². The fourth-order valence-electron chi connectivity index (χ4n) is 2.21. The second kappa shape index (κ2) is 10.5. The first-order valence-corrected chi connectivity index (χ1v) is 8.03. The van der Waals surface area contributed by atoms with E-state index >= 15 is 0 Å². The number of hydrogen-bond acceptors (Lipinski definition) is 6. The number of halogens is 3. The van der Waals surface area contributed by atoms with Gasteiger partial charge in [-0.25, -0.2) is 4.79 Å². The van der Waals surface area contributed by atoms with Crippen LogP contribution in [0.25, 0.3) is 6.08 Å². The predicted molar refractivity (Wildman–Crippen MR) is 99.2 cm³/mol. The molecule has 0 spiro atoms. The summed E-state index contributed by atoms with van der Waals surface area (Å²) in [6.45, 7) is 0. The van der Waals surface area contributed by atoms with Crippen molar-refractivity contribution in [2.75, 3.05) is 0 Å². The zero-order valence-corrected chi connectivity index (χ0v) is 15.3. The van der Waals surface area contributed by atoms with Crippen molar-refractivity contribution in [1.29, 1.82) is 0 Å². The van der Waals surface area contributed by atoms with Crippen molar-refractivity contribution in [3.63, 3.8) is 0 Å². The van der Waals surface area contributed by atoms with Crippen molar-refractivity contribution in [3.8, 4) is 0 Å². The molecule has 0 atom stereocenters. The molecule has 2 rings (SSSR count). The van der Waals surface area contributed by atoms with Gasteiger partial charge in [-0.1, -0.05) is 18.2 Å². The molecule has 164 valence electrons. The lowest BCUT2D eigenvalue weighted by Gasteiger charge is -2.09. The van der Waals surface area contributed by atoms with Crippen molar-refractivity contribution < 1.29 is 42.8 Å². The second-order valence-electron chi connectivity index (χ2n) is 5.65. The molecule has 2 aromatic carbocycles. The van der Waals surface area contributed by atoms with Gasteiger partial charge in [0.15, 0.2) is 0 Å². The lowest BCUT2D eigenvalue weighted by molar-refractivity contribution is -0.394. The highest BCUT2D eigenvalue weighted by Gasteiger charge is 2.32. The summed E-state index contributed by atoms with van der Waals surface area (Å²) in [6.07, 6.45) is -3.43. The van der Waals surface area contributed by atoms with Crippen molar-refractivity contribution in [2.45, 2.75) is 12.6 Å². The van der Waals surface area contributed by atoms with Gasteiger partial charge in [0.05, 0.1) is 27.9 Å².